The topological polar surface area (TPSA) is 143 Å². The molecule has 2 N–H and O–H groups in total. The Labute approximate surface area is 625 Å². The second kappa shape index (κ2) is 58.3. The standard InChI is InChI=1S/C17H34N2O2.C16H31NO3.C10H21NO2.C10H21NO.C9H21N.C8H19N.C7H16.7CH4/c1-16(2,3)8-14-21-15(20)17(4,5)7-9-19-12-10-18(6)11-13-19;1-15(2,3)7-11-20-14(18)16(4,5)6-8-17-9-12-19-13-10-17;1-9(2,3)6-7-13-8(12)10(4,5)11;1-10(2,3)4-5-11-6-8-12-9-7-11;1-8(7-10(5)6)9(2,3)4;1-8(2,3)6-7-9(4)5;1-5-6-7(2,3)4;;;;;;;/h7-14H2,1-6H3;6-13H2,1-5H3;6-7,11H2,1-5H3;4-9H2,1-3H3;8H,7H2,1-6H3;6-7H2,1-5H3;5-6H2,1-4H3;7*1H4. The number of likely N-dealkylation sites (N-methyl/N-ethyl adjacent to an activating group) is 1. The third-order valence-corrected chi connectivity index (χ3v) is 16.4. The molecule has 99 heavy (non-hydrogen) atoms. The van der Waals surface area contributed by atoms with E-state index in [9.17, 15) is 14.4 Å². The number of morpholine rings is 2. The average Bonchev–Trinajstić information content (AvgIpc) is 0.903. The number of hydrogen-bond donors (Lipinski definition) is 1. The highest BCUT2D eigenvalue weighted by atomic mass is 16.5. The first-order chi connectivity index (χ1) is 41.3. The largest absolute Gasteiger partial charge is 0.465 e. The summed E-state index contributed by atoms with van der Waals surface area (Å²) in [6.07, 6.45) is 9.58. The van der Waals surface area contributed by atoms with E-state index in [1.807, 2.05) is 27.7 Å². The van der Waals surface area contributed by atoms with Crippen molar-refractivity contribution in [2.24, 2.45) is 60.4 Å². The fourth-order valence-corrected chi connectivity index (χ4v) is 8.35. The molecule has 3 aliphatic rings. The zero-order valence-electron chi connectivity index (χ0n) is 68.1. The van der Waals surface area contributed by atoms with Crippen LogP contribution in [0.3, 0.4) is 0 Å². The predicted molar refractivity (Wildman–Crippen MR) is 444 cm³/mol. The molecule has 0 bridgehead atoms. The molecule has 0 radical (unpaired) electrons. The number of esters is 3. The van der Waals surface area contributed by atoms with E-state index in [4.69, 9.17) is 29.4 Å². The first-order valence-corrected chi connectivity index (χ1v) is 35.9. The normalized spacial score (nSPS) is 15.5. The molecule has 0 aromatic heterocycles. The van der Waals surface area contributed by atoms with Crippen LogP contribution in [-0.2, 0) is 38.1 Å². The Bertz CT molecular complexity index is 1830. The number of carbonyl (C=O) groups is 3. The summed E-state index contributed by atoms with van der Waals surface area (Å²) >= 11 is 0. The fraction of sp³-hybridized carbons (Fsp3) is 0.964. The van der Waals surface area contributed by atoms with Gasteiger partial charge >= 0.3 is 17.9 Å². The summed E-state index contributed by atoms with van der Waals surface area (Å²) in [6, 6.07) is 0. The second-order valence-electron chi connectivity index (χ2n) is 37.6. The van der Waals surface area contributed by atoms with Gasteiger partial charge in [0.25, 0.3) is 0 Å². The van der Waals surface area contributed by atoms with Gasteiger partial charge in [0.2, 0.25) is 0 Å². The molecular weight excluding hydrogens is 1230 g/mol. The summed E-state index contributed by atoms with van der Waals surface area (Å²) in [5.74, 6) is 0.301. The third-order valence-electron chi connectivity index (χ3n) is 16.4. The van der Waals surface area contributed by atoms with E-state index in [2.05, 4.69) is 224 Å². The Kier molecular flexibility index (Phi) is 71.2. The van der Waals surface area contributed by atoms with E-state index in [-0.39, 0.29) is 91.6 Å². The SMILES string of the molecule is C.C.C.C.C.C.C.CC(C)(C)CCN1CCOCC1.CC(C)(C)CCOC(=O)C(C)(C)CCN1CCOCC1.CC(C)(C)CCOC(=O)C(C)(C)N.CC(CN(C)C)C(C)(C)C.CCCC(C)(C)C.CN(C)CCC(C)(C)C.CN1CCN(CCC(C)(C)C(=O)OCCC(C)(C)C)CC1. The molecule has 3 saturated heterocycles. The molecule has 610 valence electrons. The lowest BCUT2D eigenvalue weighted by atomic mass is 9.82. The fourth-order valence-electron chi connectivity index (χ4n) is 8.35. The van der Waals surface area contributed by atoms with E-state index in [0.717, 1.165) is 130 Å². The van der Waals surface area contributed by atoms with Crippen LogP contribution >= 0.6 is 0 Å². The van der Waals surface area contributed by atoms with Gasteiger partial charge in [0.1, 0.15) is 5.54 Å². The van der Waals surface area contributed by atoms with Crippen LogP contribution in [0, 0.1) is 54.7 Å². The highest BCUT2D eigenvalue weighted by molar-refractivity contribution is 5.79. The molecular formula is C84H191N7O8. The maximum Gasteiger partial charge on any atom is 0.325 e. The van der Waals surface area contributed by atoms with E-state index in [1.165, 1.54) is 45.3 Å². The Morgan fingerprint density at radius 1 is 0.394 bits per heavy atom. The molecule has 0 spiro atoms. The Morgan fingerprint density at radius 2 is 0.667 bits per heavy atom. The van der Waals surface area contributed by atoms with Gasteiger partial charge in [-0.05, 0) is 198 Å². The lowest BCUT2D eigenvalue weighted by Crippen LogP contribution is -2.45. The Balaban J connectivity index is -0.000000103. The van der Waals surface area contributed by atoms with E-state index in [1.54, 1.807) is 13.8 Å². The van der Waals surface area contributed by atoms with Crippen molar-refractivity contribution >= 4 is 17.9 Å². The molecule has 3 rings (SSSR count). The quantitative estimate of drug-likeness (QED) is 0.0811. The van der Waals surface area contributed by atoms with E-state index in [0.29, 0.717) is 41.5 Å². The summed E-state index contributed by atoms with van der Waals surface area (Å²) in [6.45, 7) is 81.6. The lowest BCUT2D eigenvalue weighted by molar-refractivity contribution is -0.156. The Morgan fingerprint density at radius 3 is 0.879 bits per heavy atom. The Hall–Kier alpha value is -1.95. The van der Waals surface area contributed by atoms with Crippen molar-refractivity contribution in [1.82, 2.24) is 29.4 Å². The van der Waals surface area contributed by atoms with E-state index < -0.39 is 11.0 Å². The summed E-state index contributed by atoms with van der Waals surface area (Å²) in [5, 5.41) is 0. The summed E-state index contributed by atoms with van der Waals surface area (Å²) in [4.78, 5) is 49.7. The first-order valence-electron chi connectivity index (χ1n) is 35.9. The molecule has 1 unspecified atom stereocenters. The number of hydrogen-bond acceptors (Lipinski definition) is 15. The zero-order chi connectivity index (χ0) is 72.8. The second-order valence-corrected chi connectivity index (χ2v) is 37.6. The smallest absolute Gasteiger partial charge is 0.325 e. The van der Waals surface area contributed by atoms with Gasteiger partial charge in [-0.15, -0.1) is 0 Å². The monoisotopic (exact) mass is 1430 g/mol. The number of rotatable bonds is 22. The summed E-state index contributed by atoms with van der Waals surface area (Å²) < 4.78 is 26.6. The van der Waals surface area contributed by atoms with Crippen molar-refractivity contribution in [2.75, 3.05) is 167 Å². The molecule has 3 aliphatic heterocycles. The van der Waals surface area contributed by atoms with Crippen LogP contribution in [0.4, 0.5) is 0 Å². The number of carbonyl (C=O) groups excluding carboxylic acids is 3. The molecule has 15 nitrogen and oxygen atoms in total. The van der Waals surface area contributed by atoms with Gasteiger partial charge in [0.05, 0.1) is 57.1 Å². The molecule has 0 aromatic rings. The molecule has 3 fully saturated rings. The summed E-state index contributed by atoms with van der Waals surface area (Å²) in [7, 11) is 10.6. The van der Waals surface area contributed by atoms with Crippen molar-refractivity contribution in [3.63, 3.8) is 0 Å². The van der Waals surface area contributed by atoms with Gasteiger partial charge < -0.3 is 49.0 Å². The number of ether oxygens (including phenoxy) is 5. The van der Waals surface area contributed by atoms with Gasteiger partial charge in [-0.3, -0.25) is 24.2 Å². The minimum Gasteiger partial charge on any atom is -0.465 e. The van der Waals surface area contributed by atoms with Gasteiger partial charge in [0.15, 0.2) is 0 Å². The van der Waals surface area contributed by atoms with Crippen LogP contribution in [0.25, 0.3) is 0 Å². The van der Waals surface area contributed by atoms with Crippen molar-refractivity contribution in [2.45, 2.75) is 316 Å². The van der Waals surface area contributed by atoms with Crippen molar-refractivity contribution in [1.29, 1.82) is 0 Å². The van der Waals surface area contributed by atoms with Gasteiger partial charge in [-0.2, -0.15) is 0 Å². The number of nitrogens with two attached hydrogens (primary N) is 1. The maximum absolute atomic E-state index is 12.2. The lowest BCUT2D eigenvalue weighted by Gasteiger charge is -2.34. The van der Waals surface area contributed by atoms with Gasteiger partial charge in [-0.1, -0.05) is 218 Å². The van der Waals surface area contributed by atoms with Crippen molar-refractivity contribution in [3.05, 3.63) is 0 Å². The van der Waals surface area contributed by atoms with Crippen LogP contribution in [0.1, 0.15) is 311 Å². The molecule has 0 aromatic carbocycles. The predicted octanol–water partition coefficient (Wildman–Crippen LogP) is 20.3. The highest BCUT2D eigenvalue weighted by Gasteiger charge is 2.32. The van der Waals surface area contributed by atoms with Crippen LogP contribution in [-0.4, -0.2) is 219 Å². The van der Waals surface area contributed by atoms with Crippen LogP contribution < -0.4 is 5.73 Å². The average molecular weight is 1430 g/mol. The molecule has 1 atom stereocenters. The number of piperazine rings is 1. The van der Waals surface area contributed by atoms with Crippen LogP contribution in [0.5, 0.6) is 0 Å². The third kappa shape index (κ3) is 83.2. The molecule has 0 amide bonds. The minimum atomic E-state index is -0.877. The van der Waals surface area contributed by atoms with Crippen molar-refractivity contribution in [3.8, 4) is 0 Å². The van der Waals surface area contributed by atoms with Gasteiger partial charge in [-0.25, -0.2) is 0 Å². The molecule has 0 saturated carbocycles. The maximum atomic E-state index is 12.2. The molecule has 3 heterocycles. The first kappa shape index (κ1) is 121. The molecule has 0 aliphatic carbocycles. The molecule has 15 heteroatoms. The number of nitrogens with zero attached hydrogens (tertiary/aromatic N) is 6. The zero-order valence-corrected chi connectivity index (χ0v) is 68.1. The highest BCUT2D eigenvalue weighted by Crippen LogP contribution is 2.28. The van der Waals surface area contributed by atoms with Crippen LogP contribution in [0.15, 0.2) is 0 Å². The minimum absolute atomic E-state index is 0. The van der Waals surface area contributed by atoms with Crippen molar-refractivity contribution < 1.29 is 38.1 Å². The van der Waals surface area contributed by atoms with E-state index >= 15 is 0 Å². The summed E-state index contributed by atoms with van der Waals surface area (Å²) in [5.41, 5.74) is 6.46. The van der Waals surface area contributed by atoms with Crippen LogP contribution in [0.2, 0.25) is 0 Å². The van der Waals surface area contributed by atoms with Gasteiger partial charge in [0, 0.05) is 58.9 Å².